The fraction of sp³-hybridized carbons (Fsp3) is 0.273. The molecule has 0 fully saturated rings. The van der Waals surface area contributed by atoms with Crippen molar-refractivity contribution < 1.29 is 9.50 Å². The normalized spacial score (nSPS) is 12.1. The van der Waals surface area contributed by atoms with E-state index in [1.165, 1.54) is 12.1 Å². The second-order valence-corrected chi connectivity index (χ2v) is 7.09. The van der Waals surface area contributed by atoms with Gasteiger partial charge in [-0.25, -0.2) is 9.37 Å². The summed E-state index contributed by atoms with van der Waals surface area (Å²) in [6.45, 7) is 5.87. The van der Waals surface area contributed by atoms with Crippen LogP contribution in [0.25, 0.3) is 11.3 Å². The van der Waals surface area contributed by atoms with E-state index in [4.69, 9.17) is 0 Å². The highest BCUT2D eigenvalue weighted by Gasteiger charge is 2.15. The average Bonchev–Trinajstić information content (AvgIpc) is 2.68. The number of rotatable bonds is 7. The molecule has 1 heterocycles. The SMILES string of the molecule is Cc1cc(F)ccc1Nc1cc(-c2ccccc2)nc(N[C@H](CO)C(C)C)n1. The van der Waals surface area contributed by atoms with Crippen molar-refractivity contribution in [2.45, 2.75) is 26.8 Å². The summed E-state index contributed by atoms with van der Waals surface area (Å²) < 4.78 is 13.4. The summed E-state index contributed by atoms with van der Waals surface area (Å²) in [4.78, 5) is 9.17. The molecule has 0 unspecified atom stereocenters. The first-order valence-corrected chi connectivity index (χ1v) is 9.31. The molecule has 3 aromatic rings. The number of aryl methyl sites for hydroxylation is 1. The molecular weight excluding hydrogens is 355 g/mol. The van der Waals surface area contributed by atoms with Crippen LogP contribution < -0.4 is 10.6 Å². The molecule has 0 aliphatic heterocycles. The van der Waals surface area contributed by atoms with Gasteiger partial charge in [0, 0.05) is 17.3 Å². The lowest BCUT2D eigenvalue weighted by Crippen LogP contribution is -2.30. The molecule has 5 nitrogen and oxygen atoms in total. The van der Waals surface area contributed by atoms with E-state index >= 15 is 0 Å². The third kappa shape index (κ3) is 4.84. The van der Waals surface area contributed by atoms with Crippen LogP contribution in [-0.4, -0.2) is 27.7 Å². The van der Waals surface area contributed by atoms with Gasteiger partial charge in [0.25, 0.3) is 0 Å². The molecule has 1 atom stereocenters. The Morgan fingerprint density at radius 2 is 1.79 bits per heavy atom. The maximum Gasteiger partial charge on any atom is 0.225 e. The number of halogens is 1. The quantitative estimate of drug-likeness (QED) is 0.551. The number of nitrogens with one attached hydrogen (secondary N) is 2. The van der Waals surface area contributed by atoms with Crippen LogP contribution in [0.15, 0.2) is 54.6 Å². The predicted molar refractivity (Wildman–Crippen MR) is 111 cm³/mol. The minimum atomic E-state index is -0.277. The van der Waals surface area contributed by atoms with Crippen LogP contribution in [0.1, 0.15) is 19.4 Å². The largest absolute Gasteiger partial charge is 0.394 e. The van der Waals surface area contributed by atoms with Crippen LogP contribution in [-0.2, 0) is 0 Å². The number of nitrogens with zero attached hydrogens (tertiary/aromatic N) is 2. The van der Waals surface area contributed by atoms with Gasteiger partial charge >= 0.3 is 0 Å². The summed E-state index contributed by atoms with van der Waals surface area (Å²) in [5, 5.41) is 16.1. The van der Waals surface area contributed by atoms with Crippen molar-refractivity contribution in [1.29, 1.82) is 0 Å². The Labute approximate surface area is 164 Å². The monoisotopic (exact) mass is 380 g/mol. The molecule has 146 valence electrons. The van der Waals surface area contributed by atoms with Gasteiger partial charge in [-0.3, -0.25) is 0 Å². The highest BCUT2D eigenvalue weighted by Crippen LogP contribution is 2.26. The summed E-state index contributed by atoms with van der Waals surface area (Å²) in [5.41, 5.74) is 3.26. The van der Waals surface area contributed by atoms with Crippen molar-refractivity contribution >= 4 is 17.5 Å². The number of benzene rings is 2. The topological polar surface area (TPSA) is 70.1 Å². The zero-order chi connectivity index (χ0) is 20.1. The van der Waals surface area contributed by atoms with Gasteiger partial charge in [0.1, 0.15) is 11.6 Å². The van der Waals surface area contributed by atoms with Crippen LogP contribution >= 0.6 is 0 Å². The third-order valence-corrected chi connectivity index (χ3v) is 4.56. The van der Waals surface area contributed by atoms with Gasteiger partial charge in [-0.2, -0.15) is 4.98 Å². The van der Waals surface area contributed by atoms with E-state index in [0.29, 0.717) is 11.8 Å². The van der Waals surface area contributed by atoms with Gasteiger partial charge in [0.15, 0.2) is 0 Å². The van der Waals surface area contributed by atoms with Crippen molar-refractivity contribution in [3.05, 3.63) is 66.0 Å². The molecule has 0 amide bonds. The molecule has 1 aromatic heterocycles. The molecule has 0 aliphatic carbocycles. The van der Waals surface area contributed by atoms with Crippen LogP contribution in [0.2, 0.25) is 0 Å². The first-order chi connectivity index (χ1) is 13.5. The molecular formula is C22H25FN4O. The van der Waals surface area contributed by atoms with Crippen molar-refractivity contribution in [3.8, 4) is 11.3 Å². The molecule has 0 saturated carbocycles. The molecule has 0 aliphatic rings. The van der Waals surface area contributed by atoms with Crippen LogP contribution in [0.3, 0.4) is 0 Å². The molecule has 0 spiro atoms. The summed E-state index contributed by atoms with van der Waals surface area (Å²) in [7, 11) is 0. The molecule has 6 heteroatoms. The Kier molecular flexibility index (Phi) is 6.21. The number of aliphatic hydroxyl groups excluding tert-OH is 1. The maximum absolute atomic E-state index is 13.4. The van der Waals surface area contributed by atoms with Crippen molar-refractivity contribution in [2.75, 3.05) is 17.2 Å². The predicted octanol–water partition coefficient (Wildman–Crippen LogP) is 4.76. The van der Waals surface area contributed by atoms with Crippen LogP contribution in [0.4, 0.5) is 21.8 Å². The van der Waals surface area contributed by atoms with Crippen LogP contribution in [0.5, 0.6) is 0 Å². The fourth-order valence-electron chi connectivity index (χ4n) is 2.83. The third-order valence-electron chi connectivity index (χ3n) is 4.56. The zero-order valence-corrected chi connectivity index (χ0v) is 16.3. The number of hydrogen-bond acceptors (Lipinski definition) is 5. The summed E-state index contributed by atoms with van der Waals surface area (Å²) in [6, 6.07) is 16.1. The second-order valence-electron chi connectivity index (χ2n) is 7.09. The van der Waals surface area contributed by atoms with E-state index in [0.717, 1.165) is 22.5 Å². The smallest absolute Gasteiger partial charge is 0.225 e. The van der Waals surface area contributed by atoms with Gasteiger partial charge in [-0.15, -0.1) is 0 Å². The van der Waals surface area contributed by atoms with Crippen molar-refractivity contribution in [3.63, 3.8) is 0 Å². The van der Waals surface area contributed by atoms with Gasteiger partial charge in [-0.1, -0.05) is 44.2 Å². The zero-order valence-electron chi connectivity index (χ0n) is 16.3. The number of aliphatic hydroxyl groups is 1. The van der Waals surface area contributed by atoms with Gasteiger partial charge in [0.05, 0.1) is 18.3 Å². The number of anilines is 3. The Morgan fingerprint density at radius 1 is 1.04 bits per heavy atom. The molecule has 0 radical (unpaired) electrons. The van der Waals surface area contributed by atoms with E-state index in [1.807, 2.05) is 57.2 Å². The highest BCUT2D eigenvalue weighted by atomic mass is 19.1. The van der Waals surface area contributed by atoms with E-state index in [-0.39, 0.29) is 24.4 Å². The lowest BCUT2D eigenvalue weighted by molar-refractivity contribution is 0.248. The molecule has 0 bridgehead atoms. The van der Waals surface area contributed by atoms with E-state index in [1.54, 1.807) is 6.07 Å². The molecule has 3 rings (SSSR count). The lowest BCUT2D eigenvalue weighted by Gasteiger charge is -2.21. The van der Waals surface area contributed by atoms with Crippen LogP contribution in [0, 0.1) is 18.7 Å². The lowest BCUT2D eigenvalue weighted by atomic mass is 10.1. The first-order valence-electron chi connectivity index (χ1n) is 9.31. The number of aromatic nitrogens is 2. The minimum Gasteiger partial charge on any atom is -0.394 e. The highest BCUT2D eigenvalue weighted by molar-refractivity contribution is 5.68. The van der Waals surface area contributed by atoms with E-state index in [2.05, 4.69) is 20.6 Å². The van der Waals surface area contributed by atoms with E-state index < -0.39 is 0 Å². The summed E-state index contributed by atoms with van der Waals surface area (Å²) >= 11 is 0. The van der Waals surface area contributed by atoms with Crippen molar-refractivity contribution in [2.24, 2.45) is 5.92 Å². The van der Waals surface area contributed by atoms with Crippen molar-refractivity contribution in [1.82, 2.24) is 9.97 Å². The molecule has 0 saturated heterocycles. The van der Waals surface area contributed by atoms with Gasteiger partial charge < -0.3 is 15.7 Å². The Morgan fingerprint density at radius 3 is 2.43 bits per heavy atom. The van der Waals surface area contributed by atoms with Gasteiger partial charge in [-0.05, 0) is 36.6 Å². The summed E-state index contributed by atoms with van der Waals surface area (Å²) in [5.74, 6) is 0.952. The standard InChI is InChI=1S/C22H25FN4O/c1-14(2)20(13-28)26-22-25-19(16-7-5-4-6-8-16)12-21(27-22)24-18-10-9-17(23)11-15(18)3/h4-12,14,20,28H,13H2,1-3H3,(H2,24,25,26,27)/t20-/m1/s1. The summed E-state index contributed by atoms with van der Waals surface area (Å²) in [6.07, 6.45) is 0. The Hall–Kier alpha value is -2.99. The molecule has 3 N–H and O–H groups in total. The minimum absolute atomic E-state index is 0.0174. The fourth-order valence-corrected chi connectivity index (χ4v) is 2.83. The maximum atomic E-state index is 13.4. The average molecular weight is 380 g/mol. The Bertz CT molecular complexity index is 931. The second kappa shape index (κ2) is 8.80. The number of hydrogen-bond donors (Lipinski definition) is 3. The Balaban J connectivity index is 1.99. The van der Waals surface area contributed by atoms with E-state index in [9.17, 15) is 9.50 Å². The molecule has 2 aromatic carbocycles. The first kappa shape index (κ1) is 19.8. The molecule has 28 heavy (non-hydrogen) atoms. The van der Waals surface area contributed by atoms with Gasteiger partial charge in [0.2, 0.25) is 5.95 Å².